The maximum absolute atomic E-state index is 12.6. The van der Waals surface area contributed by atoms with Gasteiger partial charge < -0.3 is 4.90 Å². The molecule has 0 amide bonds. The van der Waals surface area contributed by atoms with Gasteiger partial charge in [0.05, 0.1) is 5.52 Å². The molecular formula is C25H30N6O. The number of pyridine rings is 1. The van der Waals surface area contributed by atoms with Crippen molar-refractivity contribution in [3.05, 3.63) is 63.7 Å². The normalized spacial score (nSPS) is 20.3. The maximum atomic E-state index is 12.6. The summed E-state index contributed by atoms with van der Waals surface area (Å²) in [5, 5.41) is 9.35. The van der Waals surface area contributed by atoms with E-state index in [4.69, 9.17) is 0 Å². The van der Waals surface area contributed by atoms with Crippen molar-refractivity contribution in [2.75, 3.05) is 18.0 Å². The molecule has 7 nitrogen and oxygen atoms in total. The third kappa shape index (κ3) is 3.87. The minimum atomic E-state index is -0.310. The van der Waals surface area contributed by atoms with Gasteiger partial charge in [0.1, 0.15) is 17.3 Å². The number of fused-ring (bicyclic) bond motifs is 1. The van der Waals surface area contributed by atoms with Crippen LogP contribution in [0.4, 0.5) is 5.82 Å². The molecule has 4 rings (SSSR count). The molecule has 0 N–H and O–H groups in total. The molecule has 0 spiro atoms. The molecule has 1 saturated heterocycles. The van der Waals surface area contributed by atoms with Crippen LogP contribution in [0.3, 0.4) is 0 Å². The summed E-state index contributed by atoms with van der Waals surface area (Å²) in [6.07, 6.45) is 0.985. The summed E-state index contributed by atoms with van der Waals surface area (Å²) < 4.78 is 1.49. The van der Waals surface area contributed by atoms with E-state index in [1.807, 2.05) is 0 Å². The van der Waals surface area contributed by atoms with Gasteiger partial charge in [-0.2, -0.15) is 10.2 Å². The topological polar surface area (TPSA) is 78.0 Å². The van der Waals surface area contributed by atoms with E-state index in [1.165, 1.54) is 15.7 Å². The fraction of sp³-hybridized carbons (Fsp3) is 0.440. The first kappa shape index (κ1) is 22.0. The quantitative estimate of drug-likeness (QED) is 0.630. The fourth-order valence-corrected chi connectivity index (χ4v) is 4.71. The Kier molecular flexibility index (Phi) is 5.98. The molecular weight excluding hydrogens is 400 g/mol. The molecule has 166 valence electrons. The van der Waals surface area contributed by atoms with Crippen LogP contribution in [0, 0.1) is 18.3 Å². The second-order valence-corrected chi connectivity index (χ2v) is 8.80. The molecule has 3 aromatic rings. The van der Waals surface area contributed by atoms with Gasteiger partial charge in [0.2, 0.25) is 0 Å². The lowest BCUT2D eigenvalue weighted by molar-refractivity contribution is 0.106. The Balaban J connectivity index is 1.72. The molecule has 7 heteroatoms. The van der Waals surface area contributed by atoms with Crippen molar-refractivity contribution >= 4 is 16.9 Å². The highest BCUT2D eigenvalue weighted by Crippen LogP contribution is 2.32. The van der Waals surface area contributed by atoms with Crippen molar-refractivity contribution in [2.24, 2.45) is 7.05 Å². The SMILES string of the molecule is CCC1CN(c2nc(=O)n(C)c3ccc(C#N)nc23)C(C)CN1C(C)c1ccc(C)cc1. The number of nitrogens with zero attached hydrogens (tertiary/aromatic N) is 6. The third-order valence-corrected chi connectivity index (χ3v) is 6.73. The van der Waals surface area contributed by atoms with Gasteiger partial charge in [0.15, 0.2) is 5.82 Å². The van der Waals surface area contributed by atoms with Crippen LogP contribution in [0.15, 0.2) is 41.2 Å². The molecule has 0 bridgehead atoms. The van der Waals surface area contributed by atoms with Gasteiger partial charge in [0, 0.05) is 38.3 Å². The van der Waals surface area contributed by atoms with E-state index in [2.05, 4.69) is 77.8 Å². The summed E-state index contributed by atoms with van der Waals surface area (Å²) in [6, 6.07) is 15.0. The second kappa shape index (κ2) is 8.71. The number of anilines is 1. The summed E-state index contributed by atoms with van der Waals surface area (Å²) in [6.45, 7) is 10.3. The van der Waals surface area contributed by atoms with Crippen molar-refractivity contribution in [2.45, 2.75) is 52.2 Å². The van der Waals surface area contributed by atoms with Crippen molar-refractivity contribution in [3.8, 4) is 6.07 Å². The molecule has 1 aromatic carbocycles. The Morgan fingerprint density at radius 2 is 1.88 bits per heavy atom. The molecule has 2 aromatic heterocycles. The highest BCUT2D eigenvalue weighted by molar-refractivity contribution is 5.86. The Morgan fingerprint density at radius 1 is 1.16 bits per heavy atom. The number of piperazine rings is 1. The van der Waals surface area contributed by atoms with Crippen LogP contribution in [-0.4, -0.2) is 44.6 Å². The van der Waals surface area contributed by atoms with Crippen LogP contribution in [-0.2, 0) is 7.05 Å². The number of hydrogen-bond donors (Lipinski definition) is 0. The number of nitriles is 1. The largest absolute Gasteiger partial charge is 0.349 e. The molecule has 1 aliphatic heterocycles. The smallest absolute Gasteiger partial charge is 0.349 e. The first-order chi connectivity index (χ1) is 15.3. The molecule has 3 unspecified atom stereocenters. The van der Waals surface area contributed by atoms with Gasteiger partial charge in [-0.25, -0.2) is 9.78 Å². The molecule has 3 atom stereocenters. The Bertz CT molecular complexity index is 1230. The van der Waals surface area contributed by atoms with E-state index in [9.17, 15) is 10.1 Å². The first-order valence-electron chi connectivity index (χ1n) is 11.2. The summed E-state index contributed by atoms with van der Waals surface area (Å²) in [5.41, 5.74) is 3.88. The van der Waals surface area contributed by atoms with Gasteiger partial charge in [-0.15, -0.1) is 0 Å². The highest BCUT2D eigenvalue weighted by atomic mass is 16.1. The van der Waals surface area contributed by atoms with Crippen LogP contribution < -0.4 is 10.6 Å². The van der Waals surface area contributed by atoms with Gasteiger partial charge in [0.25, 0.3) is 0 Å². The summed E-state index contributed by atoms with van der Waals surface area (Å²) in [5.74, 6) is 0.578. The monoisotopic (exact) mass is 430 g/mol. The zero-order valence-electron chi connectivity index (χ0n) is 19.4. The van der Waals surface area contributed by atoms with Crippen LogP contribution in [0.1, 0.15) is 50.1 Å². The standard InChI is InChI=1S/C25H30N6O/c1-6-21-15-30(17(3)14-31(21)18(4)19-9-7-16(2)8-10-19)24-23-22(29(5)25(32)28-24)12-11-20(13-26)27-23/h7-12,17-18,21H,6,14-15H2,1-5H3. The Labute approximate surface area is 188 Å². The number of aromatic nitrogens is 3. The van der Waals surface area contributed by atoms with E-state index < -0.39 is 0 Å². The van der Waals surface area contributed by atoms with Crippen LogP contribution >= 0.6 is 0 Å². The number of benzene rings is 1. The zero-order valence-corrected chi connectivity index (χ0v) is 19.4. The molecule has 3 heterocycles. The predicted molar refractivity (Wildman–Crippen MR) is 127 cm³/mol. The van der Waals surface area contributed by atoms with E-state index in [-0.39, 0.29) is 11.7 Å². The highest BCUT2D eigenvalue weighted by Gasteiger charge is 2.35. The van der Waals surface area contributed by atoms with E-state index in [0.717, 1.165) is 19.5 Å². The minimum absolute atomic E-state index is 0.140. The van der Waals surface area contributed by atoms with E-state index >= 15 is 0 Å². The third-order valence-electron chi connectivity index (χ3n) is 6.73. The van der Waals surface area contributed by atoms with Crippen LogP contribution in [0.2, 0.25) is 0 Å². The average molecular weight is 431 g/mol. The lowest BCUT2D eigenvalue weighted by atomic mass is 9.98. The van der Waals surface area contributed by atoms with Crippen molar-refractivity contribution in [1.29, 1.82) is 5.26 Å². The summed E-state index contributed by atoms with van der Waals surface area (Å²) in [4.78, 5) is 26.3. The first-order valence-corrected chi connectivity index (χ1v) is 11.2. The maximum Gasteiger partial charge on any atom is 0.349 e. The van der Waals surface area contributed by atoms with Crippen molar-refractivity contribution in [1.82, 2.24) is 19.4 Å². The molecule has 32 heavy (non-hydrogen) atoms. The summed E-state index contributed by atoms with van der Waals surface area (Å²) in [7, 11) is 1.69. The summed E-state index contributed by atoms with van der Waals surface area (Å²) >= 11 is 0. The number of rotatable bonds is 4. The van der Waals surface area contributed by atoms with Crippen LogP contribution in [0.25, 0.3) is 11.0 Å². The van der Waals surface area contributed by atoms with E-state index in [0.29, 0.717) is 34.6 Å². The van der Waals surface area contributed by atoms with E-state index in [1.54, 1.807) is 19.2 Å². The molecule has 1 fully saturated rings. The lowest BCUT2D eigenvalue weighted by Gasteiger charge is -2.48. The Hall–Kier alpha value is -3.24. The van der Waals surface area contributed by atoms with Crippen LogP contribution in [0.5, 0.6) is 0 Å². The van der Waals surface area contributed by atoms with Gasteiger partial charge >= 0.3 is 5.69 Å². The lowest BCUT2D eigenvalue weighted by Crippen LogP contribution is -2.58. The zero-order chi connectivity index (χ0) is 23.0. The Morgan fingerprint density at radius 3 is 2.53 bits per heavy atom. The average Bonchev–Trinajstić information content (AvgIpc) is 2.81. The fourth-order valence-electron chi connectivity index (χ4n) is 4.71. The number of hydrogen-bond acceptors (Lipinski definition) is 6. The predicted octanol–water partition coefficient (Wildman–Crippen LogP) is 3.56. The number of aryl methyl sites for hydroxylation is 2. The molecule has 0 radical (unpaired) electrons. The minimum Gasteiger partial charge on any atom is -0.349 e. The van der Waals surface area contributed by atoms with Gasteiger partial charge in [-0.05, 0) is 44.9 Å². The molecule has 0 aliphatic carbocycles. The van der Waals surface area contributed by atoms with Gasteiger partial charge in [-0.3, -0.25) is 9.47 Å². The molecule has 0 saturated carbocycles. The van der Waals surface area contributed by atoms with Gasteiger partial charge in [-0.1, -0.05) is 36.8 Å². The van der Waals surface area contributed by atoms with Crippen molar-refractivity contribution < 1.29 is 0 Å². The van der Waals surface area contributed by atoms with Crippen molar-refractivity contribution in [3.63, 3.8) is 0 Å². The second-order valence-electron chi connectivity index (χ2n) is 8.80. The molecule has 1 aliphatic rings.